The minimum atomic E-state index is -0.678. The molecule has 0 aromatic heterocycles. The number of hydrogen-bond donors (Lipinski definition) is 2. The third-order valence-corrected chi connectivity index (χ3v) is 6.71. The molecular weight excluding hydrogens is 456 g/mol. The van der Waals surface area contributed by atoms with E-state index in [-0.39, 0.29) is 12.8 Å². The van der Waals surface area contributed by atoms with Crippen molar-refractivity contribution in [3.05, 3.63) is 83.9 Å². The Morgan fingerprint density at radius 1 is 0.861 bits per heavy atom. The van der Waals surface area contributed by atoms with E-state index in [9.17, 15) is 9.59 Å². The van der Waals surface area contributed by atoms with Gasteiger partial charge in [0.05, 0.1) is 6.04 Å². The monoisotopic (exact) mass is 486 g/mol. The topological polar surface area (TPSA) is 83.1 Å². The second-order valence-electron chi connectivity index (χ2n) is 8.97. The van der Waals surface area contributed by atoms with Crippen molar-refractivity contribution in [2.24, 2.45) is 0 Å². The molecule has 8 heteroatoms. The Morgan fingerprint density at radius 3 is 2.36 bits per heavy atom. The molecule has 3 aromatic rings. The molecule has 0 radical (unpaired) electrons. The fraction of sp³-hybridized carbons (Fsp3) is 0.286. The number of para-hydroxylation sites is 2. The summed E-state index contributed by atoms with van der Waals surface area (Å²) in [5.74, 6) is 0.0756. The first-order valence-electron chi connectivity index (χ1n) is 12.2. The van der Waals surface area contributed by atoms with Crippen LogP contribution in [0.4, 0.5) is 11.4 Å². The van der Waals surface area contributed by atoms with Gasteiger partial charge < -0.3 is 25.0 Å². The number of carbonyl (C=O) groups is 2. The second kappa shape index (κ2) is 10.7. The fourth-order valence-corrected chi connectivity index (χ4v) is 4.67. The Kier molecular flexibility index (Phi) is 7.04. The zero-order valence-corrected chi connectivity index (χ0v) is 20.3. The number of benzene rings is 3. The molecule has 1 unspecified atom stereocenters. The molecule has 5 rings (SSSR count). The number of rotatable bonds is 6. The SMILES string of the molecule is Cc1ccccc1NC(=O)C(=O)NCC(c1ccc2c(c1)OCO2)N1CCN(c2ccccc2)CC1. The molecule has 1 saturated heterocycles. The Morgan fingerprint density at radius 2 is 1.58 bits per heavy atom. The largest absolute Gasteiger partial charge is 0.454 e. The second-order valence-corrected chi connectivity index (χ2v) is 8.97. The number of amides is 2. The Hall–Kier alpha value is -4.04. The molecule has 186 valence electrons. The molecule has 2 heterocycles. The summed E-state index contributed by atoms with van der Waals surface area (Å²) >= 11 is 0. The quantitative estimate of drug-likeness (QED) is 0.520. The number of fused-ring (bicyclic) bond motifs is 1. The normalized spacial score (nSPS) is 15.9. The summed E-state index contributed by atoms with van der Waals surface area (Å²) < 4.78 is 11.1. The third-order valence-electron chi connectivity index (χ3n) is 6.71. The minimum Gasteiger partial charge on any atom is -0.454 e. The molecule has 0 aliphatic carbocycles. The van der Waals surface area contributed by atoms with Gasteiger partial charge in [-0.15, -0.1) is 0 Å². The molecule has 0 bridgehead atoms. The van der Waals surface area contributed by atoms with Crippen LogP contribution in [-0.4, -0.2) is 56.2 Å². The number of anilines is 2. The van der Waals surface area contributed by atoms with Gasteiger partial charge in [0.25, 0.3) is 0 Å². The van der Waals surface area contributed by atoms with E-state index in [0.717, 1.165) is 37.3 Å². The third kappa shape index (κ3) is 5.28. The van der Waals surface area contributed by atoms with Gasteiger partial charge in [-0.3, -0.25) is 14.5 Å². The van der Waals surface area contributed by atoms with Gasteiger partial charge in [-0.25, -0.2) is 0 Å². The first-order valence-corrected chi connectivity index (χ1v) is 12.2. The van der Waals surface area contributed by atoms with Gasteiger partial charge in [0, 0.05) is 44.1 Å². The van der Waals surface area contributed by atoms with Crippen LogP contribution in [0.3, 0.4) is 0 Å². The average Bonchev–Trinajstić information content (AvgIpc) is 3.39. The summed E-state index contributed by atoms with van der Waals surface area (Å²) in [7, 11) is 0. The summed E-state index contributed by atoms with van der Waals surface area (Å²) in [5, 5.41) is 5.55. The molecule has 2 aliphatic rings. The lowest BCUT2D eigenvalue weighted by atomic mass is 10.0. The highest BCUT2D eigenvalue weighted by molar-refractivity contribution is 6.39. The molecule has 2 amide bonds. The van der Waals surface area contributed by atoms with Crippen LogP contribution in [0.2, 0.25) is 0 Å². The maximum absolute atomic E-state index is 12.7. The van der Waals surface area contributed by atoms with Crippen molar-refractivity contribution in [3.63, 3.8) is 0 Å². The van der Waals surface area contributed by atoms with Crippen LogP contribution in [0.1, 0.15) is 17.2 Å². The number of aryl methyl sites for hydroxylation is 1. The molecule has 1 fully saturated rings. The molecule has 2 aliphatic heterocycles. The highest BCUT2D eigenvalue weighted by Crippen LogP contribution is 2.35. The van der Waals surface area contributed by atoms with Gasteiger partial charge in [-0.05, 0) is 48.4 Å². The van der Waals surface area contributed by atoms with Crippen molar-refractivity contribution in [1.82, 2.24) is 10.2 Å². The van der Waals surface area contributed by atoms with E-state index in [1.54, 1.807) is 6.07 Å². The van der Waals surface area contributed by atoms with Crippen LogP contribution < -0.4 is 25.0 Å². The Balaban J connectivity index is 1.28. The van der Waals surface area contributed by atoms with Gasteiger partial charge in [0.15, 0.2) is 11.5 Å². The van der Waals surface area contributed by atoms with Crippen molar-refractivity contribution >= 4 is 23.2 Å². The van der Waals surface area contributed by atoms with E-state index in [4.69, 9.17) is 9.47 Å². The average molecular weight is 487 g/mol. The molecule has 2 N–H and O–H groups in total. The van der Waals surface area contributed by atoms with E-state index in [2.05, 4.69) is 44.7 Å². The van der Waals surface area contributed by atoms with Crippen molar-refractivity contribution < 1.29 is 19.1 Å². The lowest BCUT2D eigenvalue weighted by Gasteiger charge is -2.40. The summed E-state index contributed by atoms with van der Waals surface area (Å²) in [6.07, 6.45) is 0. The maximum Gasteiger partial charge on any atom is 0.313 e. The van der Waals surface area contributed by atoms with Crippen LogP contribution in [0, 0.1) is 6.92 Å². The Bertz CT molecular complexity index is 1230. The zero-order chi connectivity index (χ0) is 24.9. The number of hydrogen-bond acceptors (Lipinski definition) is 6. The van der Waals surface area contributed by atoms with Crippen LogP contribution in [0.15, 0.2) is 72.8 Å². The van der Waals surface area contributed by atoms with Gasteiger partial charge in [0.2, 0.25) is 6.79 Å². The number of ether oxygens (including phenoxy) is 2. The first-order chi connectivity index (χ1) is 17.6. The molecule has 1 atom stereocenters. The fourth-order valence-electron chi connectivity index (χ4n) is 4.67. The minimum absolute atomic E-state index is 0.118. The van der Waals surface area contributed by atoms with Crippen LogP contribution >= 0.6 is 0 Å². The predicted molar refractivity (Wildman–Crippen MR) is 138 cm³/mol. The van der Waals surface area contributed by atoms with E-state index in [1.165, 1.54) is 5.69 Å². The molecule has 0 saturated carbocycles. The number of nitrogens with one attached hydrogen (secondary N) is 2. The van der Waals surface area contributed by atoms with Crippen molar-refractivity contribution in [3.8, 4) is 11.5 Å². The number of carbonyl (C=O) groups excluding carboxylic acids is 2. The Labute approximate surface area is 210 Å². The van der Waals surface area contributed by atoms with Gasteiger partial charge in [-0.2, -0.15) is 0 Å². The van der Waals surface area contributed by atoms with Crippen LogP contribution in [0.5, 0.6) is 11.5 Å². The van der Waals surface area contributed by atoms with Crippen molar-refractivity contribution in [1.29, 1.82) is 0 Å². The smallest absolute Gasteiger partial charge is 0.313 e. The van der Waals surface area contributed by atoms with Crippen LogP contribution in [-0.2, 0) is 9.59 Å². The number of piperazine rings is 1. The van der Waals surface area contributed by atoms with E-state index in [0.29, 0.717) is 23.7 Å². The molecule has 3 aromatic carbocycles. The lowest BCUT2D eigenvalue weighted by Crippen LogP contribution is -2.50. The molecule has 36 heavy (non-hydrogen) atoms. The van der Waals surface area contributed by atoms with E-state index < -0.39 is 11.8 Å². The summed E-state index contributed by atoms with van der Waals surface area (Å²) in [6, 6.07) is 23.5. The van der Waals surface area contributed by atoms with Gasteiger partial charge in [0.1, 0.15) is 0 Å². The molecule has 8 nitrogen and oxygen atoms in total. The van der Waals surface area contributed by atoms with E-state index in [1.807, 2.05) is 49.4 Å². The first kappa shape index (κ1) is 23.7. The van der Waals surface area contributed by atoms with Gasteiger partial charge >= 0.3 is 11.8 Å². The lowest BCUT2D eigenvalue weighted by molar-refractivity contribution is -0.136. The zero-order valence-electron chi connectivity index (χ0n) is 20.3. The van der Waals surface area contributed by atoms with Crippen molar-refractivity contribution in [2.45, 2.75) is 13.0 Å². The van der Waals surface area contributed by atoms with Crippen molar-refractivity contribution in [2.75, 3.05) is 49.7 Å². The standard InChI is InChI=1S/C28H30N4O4/c1-20-7-5-6-10-23(20)30-28(34)27(33)29-18-24(21-11-12-25-26(17-21)36-19-35-25)32-15-13-31(14-16-32)22-8-3-2-4-9-22/h2-12,17,24H,13-16,18-19H2,1H3,(H,29,33)(H,30,34). The number of nitrogens with zero attached hydrogens (tertiary/aromatic N) is 2. The summed E-state index contributed by atoms with van der Waals surface area (Å²) in [6.45, 7) is 5.76. The predicted octanol–water partition coefficient (Wildman–Crippen LogP) is 3.34. The highest BCUT2D eigenvalue weighted by Gasteiger charge is 2.28. The maximum atomic E-state index is 12.7. The molecular formula is C28H30N4O4. The highest BCUT2D eigenvalue weighted by atomic mass is 16.7. The van der Waals surface area contributed by atoms with Crippen LogP contribution in [0.25, 0.3) is 0 Å². The molecule has 0 spiro atoms. The van der Waals surface area contributed by atoms with Gasteiger partial charge in [-0.1, -0.05) is 42.5 Å². The summed E-state index contributed by atoms with van der Waals surface area (Å²) in [5.41, 5.74) is 3.74. The summed E-state index contributed by atoms with van der Waals surface area (Å²) in [4.78, 5) is 30.0. The van der Waals surface area contributed by atoms with E-state index >= 15 is 0 Å².